The first-order chi connectivity index (χ1) is 13.8. The van der Waals surface area contributed by atoms with Gasteiger partial charge in [0.15, 0.2) is 0 Å². The third-order valence-electron chi connectivity index (χ3n) is 5.60. The summed E-state index contributed by atoms with van der Waals surface area (Å²) >= 11 is 0. The van der Waals surface area contributed by atoms with Crippen molar-refractivity contribution in [2.24, 2.45) is 0 Å². The number of hydrogen-bond donors (Lipinski definition) is 1. The van der Waals surface area contributed by atoms with Crippen LogP contribution in [0.2, 0.25) is 0 Å². The second-order valence-electron chi connectivity index (χ2n) is 7.48. The second kappa shape index (κ2) is 9.75. The largest absolute Gasteiger partial charge is 0.385 e. The van der Waals surface area contributed by atoms with Gasteiger partial charge in [-0.1, -0.05) is 57.7 Å². The third-order valence-corrected chi connectivity index (χ3v) is 5.60. The predicted molar refractivity (Wildman–Crippen MR) is 127 cm³/mol. The normalized spacial score (nSPS) is 14.6. The summed E-state index contributed by atoms with van der Waals surface area (Å²) in [6.45, 7) is 10.8. The van der Waals surface area contributed by atoms with Crippen LogP contribution in [-0.4, -0.2) is 49.2 Å². The van der Waals surface area contributed by atoms with Gasteiger partial charge in [-0.05, 0) is 36.6 Å². The summed E-state index contributed by atoms with van der Waals surface area (Å²) in [4.78, 5) is 10.1. The first-order valence-corrected chi connectivity index (χ1v) is 10.5. The van der Waals surface area contributed by atoms with E-state index < -0.39 is 0 Å². The maximum absolute atomic E-state index is 5.12. The Hall–Kier alpha value is -2.59. The van der Waals surface area contributed by atoms with Gasteiger partial charge in [0.1, 0.15) is 5.82 Å². The van der Waals surface area contributed by atoms with Crippen LogP contribution >= 0.6 is 0 Å². The lowest BCUT2D eigenvalue weighted by molar-refractivity contribution is 0.271. The topological polar surface area (TPSA) is 31.4 Å². The van der Waals surface area contributed by atoms with E-state index in [1.54, 1.807) is 0 Å². The van der Waals surface area contributed by atoms with E-state index in [9.17, 15) is 0 Å². The molecule has 0 bridgehead atoms. The highest BCUT2D eigenvalue weighted by Crippen LogP contribution is 2.31. The van der Waals surface area contributed by atoms with Crippen LogP contribution < -0.4 is 10.2 Å². The molecule has 0 unspecified atom stereocenters. The molecule has 4 nitrogen and oxygen atoms in total. The molecule has 29 heavy (non-hydrogen) atoms. The number of rotatable bonds is 6. The number of fused-ring (bicyclic) bond motifs is 1. The second-order valence-corrected chi connectivity index (χ2v) is 7.48. The molecule has 4 heteroatoms. The molecule has 2 aromatic carbocycles. The minimum Gasteiger partial charge on any atom is -0.385 e. The van der Waals surface area contributed by atoms with Crippen molar-refractivity contribution >= 4 is 22.3 Å². The summed E-state index contributed by atoms with van der Waals surface area (Å²) in [5.74, 6) is 1.12. The van der Waals surface area contributed by atoms with Crippen LogP contribution in [-0.2, 0) is 0 Å². The molecule has 154 valence electrons. The molecule has 1 aliphatic rings. The first kappa shape index (κ1) is 21.1. The van der Waals surface area contributed by atoms with Crippen molar-refractivity contribution in [3.8, 4) is 11.3 Å². The Morgan fingerprint density at radius 3 is 2.34 bits per heavy atom. The molecular formula is C25H34N4. The molecular weight excluding hydrogens is 356 g/mol. The lowest BCUT2D eigenvalue weighted by Gasteiger charge is -2.35. The summed E-state index contributed by atoms with van der Waals surface area (Å²) in [6, 6.07) is 19.5. The molecule has 0 radical (unpaired) electrons. The summed E-state index contributed by atoms with van der Waals surface area (Å²) in [5, 5.41) is 5.95. The lowest BCUT2D eigenvalue weighted by atomic mass is 10.1. The van der Waals surface area contributed by atoms with E-state index in [1.807, 2.05) is 0 Å². The zero-order valence-corrected chi connectivity index (χ0v) is 17.0. The number of hydrogen-bond acceptors (Lipinski definition) is 4. The Labute approximate surface area is 175 Å². The predicted octanol–water partition coefficient (Wildman–Crippen LogP) is 5.50. The van der Waals surface area contributed by atoms with E-state index in [0.29, 0.717) is 0 Å². The SMILES string of the molecule is C.CCCNc1ccc(-c2cc3ccccc3c(N3CCN(CC)CC3)n2)cc1. The van der Waals surface area contributed by atoms with Gasteiger partial charge in [-0.2, -0.15) is 0 Å². The number of benzene rings is 2. The highest BCUT2D eigenvalue weighted by Gasteiger charge is 2.19. The van der Waals surface area contributed by atoms with Crippen LogP contribution in [0.15, 0.2) is 54.6 Å². The van der Waals surface area contributed by atoms with Crippen LogP contribution in [0.1, 0.15) is 27.7 Å². The van der Waals surface area contributed by atoms with E-state index >= 15 is 0 Å². The highest BCUT2D eigenvalue weighted by molar-refractivity contribution is 5.95. The molecule has 0 spiro atoms. The summed E-state index contributed by atoms with van der Waals surface area (Å²) in [6.07, 6.45) is 1.13. The number of likely N-dealkylation sites (N-methyl/N-ethyl adjacent to an activating group) is 1. The minimum atomic E-state index is 0. The molecule has 0 amide bonds. The van der Waals surface area contributed by atoms with Crippen molar-refractivity contribution in [1.82, 2.24) is 9.88 Å². The summed E-state index contributed by atoms with van der Waals surface area (Å²) in [5.41, 5.74) is 3.39. The highest BCUT2D eigenvalue weighted by atomic mass is 15.3. The quantitative estimate of drug-likeness (QED) is 0.602. The zero-order chi connectivity index (χ0) is 19.3. The van der Waals surface area contributed by atoms with Gasteiger partial charge in [-0.15, -0.1) is 0 Å². The van der Waals surface area contributed by atoms with E-state index in [1.165, 1.54) is 22.0 Å². The standard InChI is InChI=1S/C24H30N4.CH4/c1-3-13-25-21-11-9-19(10-12-21)23-18-20-7-5-6-8-22(20)24(26-23)28-16-14-27(4-2)15-17-28;/h5-12,18,25H,3-4,13-17H2,1-2H3;1H4. The van der Waals surface area contributed by atoms with Crippen LogP contribution in [0, 0.1) is 0 Å². The zero-order valence-electron chi connectivity index (χ0n) is 17.0. The van der Waals surface area contributed by atoms with Crippen molar-refractivity contribution in [2.45, 2.75) is 27.7 Å². The minimum absolute atomic E-state index is 0. The van der Waals surface area contributed by atoms with Crippen LogP contribution in [0.3, 0.4) is 0 Å². The average Bonchev–Trinajstić information content (AvgIpc) is 2.77. The van der Waals surface area contributed by atoms with Crippen molar-refractivity contribution in [2.75, 3.05) is 49.5 Å². The lowest BCUT2D eigenvalue weighted by Crippen LogP contribution is -2.46. The molecule has 1 N–H and O–H groups in total. The molecule has 3 aromatic rings. The average molecular weight is 391 g/mol. The van der Waals surface area contributed by atoms with E-state index in [4.69, 9.17) is 4.98 Å². The number of piperazine rings is 1. The number of anilines is 2. The first-order valence-electron chi connectivity index (χ1n) is 10.5. The van der Waals surface area contributed by atoms with Crippen LogP contribution in [0.25, 0.3) is 22.0 Å². The molecule has 4 rings (SSSR count). The molecule has 1 aromatic heterocycles. The van der Waals surface area contributed by atoms with Gasteiger partial charge in [0.05, 0.1) is 5.69 Å². The number of nitrogens with one attached hydrogen (secondary N) is 1. The fraction of sp³-hybridized carbons (Fsp3) is 0.400. The molecule has 1 saturated heterocycles. The Bertz CT molecular complexity index is 912. The van der Waals surface area contributed by atoms with Gasteiger partial charge in [0.25, 0.3) is 0 Å². The maximum Gasteiger partial charge on any atom is 0.137 e. The van der Waals surface area contributed by atoms with Gasteiger partial charge < -0.3 is 15.1 Å². The number of aromatic nitrogens is 1. The monoisotopic (exact) mass is 390 g/mol. The van der Waals surface area contributed by atoms with Crippen molar-refractivity contribution in [1.29, 1.82) is 0 Å². The Balaban J connectivity index is 0.00000240. The Morgan fingerprint density at radius 1 is 0.931 bits per heavy atom. The van der Waals surface area contributed by atoms with Gasteiger partial charge in [-0.3, -0.25) is 0 Å². The Morgan fingerprint density at radius 2 is 1.66 bits per heavy atom. The molecule has 2 heterocycles. The smallest absolute Gasteiger partial charge is 0.137 e. The van der Waals surface area contributed by atoms with E-state index in [0.717, 1.165) is 57.2 Å². The van der Waals surface area contributed by atoms with E-state index in [2.05, 4.69) is 83.6 Å². The maximum atomic E-state index is 5.12. The third kappa shape index (κ3) is 4.70. The number of nitrogens with zero attached hydrogens (tertiary/aromatic N) is 3. The van der Waals surface area contributed by atoms with Gasteiger partial charge >= 0.3 is 0 Å². The fourth-order valence-electron chi connectivity index (χ4n) is 3.87. The molecule has 1 aliphatic heterocycles. The van der Waals surface area contributed by atoms with Gasteiger partial charge in [0.2, 0.25) is 0 Å². The number of pyridine rings is 1. The molecule has 0 atom stereocenters. The van der Waals surface area contributed by atoms with Gasteiger partial charge in [-0.25, -0.2) is 4.98 Å². The van der Waals surface area contributed by atoms with Crippen LogP contribution in [0.4, 0.5) is 11.5 Å². The Kier molecular flexibility index (Phi) is 7.10. The van der Waals surface area contributed by atoms with Gasteiger partial charge in [0, 0.05) is 49.4 Å². The summed E-state index contributed by atoms with van der Waals surface area (Å²) in [7, 11) is 0. The van der Waals surface area contributed by atoms with Crippen molar-refractivity contribution in [3.05, 3.63) is 54.6 Å². The van der Waals surface area contributed by atoms with E-state index in [-0.39, 0.29) is 7.43 Å². The van der Waals surface area contributed by atoms with Crippen molar-refractivity contribution in [3.63, 3.8) is 0 Å². The van der Waals surface area contributed by atoms with Crippen LogP contribution in [0.5, 0.6) is 0 Å². The summed E-state index contributed by atoms with van der Waals surface area (Å²) < 4.78 is 0. The van der Waals surface area contributed by atoms with Crippen molar-refractivity contribution < 1.29 is 0 Å². The molecule has 1 fully saturated rings. The fourth-order valence-corrected chi connectivity index (χ4v) is 3.87. The molecule has 0 aliphatic carbocycles. The molecule has 0 saturated carbocycles.